The van der Waals surface area contributed by atoms with Crippen molar-refractivity contribution >= 4 is 32.7 Å². The molecule has 1 aliphatic rings. The van der Waals surface area contributed by atoms with Crippen molar-refractivity contribution in [2.75, 3.05) is 16.6 Å². The van der Waals surface area contributed by atoms with Gasteiger partial charge in [0.1, 0.15) is 15.2 Å². The molecule has 1 aromatic heterocycles. The van der Waals surface area contributed by atoms with E-state index in [0.29, 0.717) is 10.6 Å². The number of nitriles is 1. The lowest BCUT2D eigenvalue weighted by molar-refractivity contribution is 0.603. The molecule has 102 valence electrons. The van der Waals surface area contributed by atoms with Crippen LogP contribution in [0.3, 0.4) is 0 Å². The van der Waals surface area contributed by atoms with E-state index in [0.717, 1.165) is 35.6 Å². The van der Waals surface area contributed by atoms with Gasteiger partial charge in [-0.15, -0.1) is 11.3 Å². The van der Waals surface area contributed by atoms with Gasteiger partial charge in [0.25, 0.3) is 10.0 Å². The van der Waals surface area contributed by atoms with Crippen molar-refractivity contribution in [2.45, 2.75) is 10.6 Å². The Kier molecular flexibility index (Phi) is 3.12. The Morgan fingerprint density at radius 1 is 1.30 bits per heavy atom. The second-order valence-corrected chi connectivity index (χ2v) is 7.38. The first-order chi connectivity index (χ1) is 9.58. The number of hydrogen-bond acceptors (Lipinski definition) is 5. The predicted molar refractivity (Wildman–Crippen MR) is 78.5 cm³/mol. The highest BCUT2D eigenvalue weighted by Crippen LogP contribution is 2.28. The Bertz CT molecular complexity index is 803. The summed E-state index contributed by atoms with van der Waals surface area (Å²) in [5, 5.41) is 12.0. The second-order valence-electron chi connectivity index (χ2n) is 4.38. The van der Waals surface area contributed by atoms with Gasteiger partial charge in [-0.25, -0.2) is 8.42 Å². The fraction of sp³-hybridized carbons (Fsp3) is 0.154. The van der Waals surface area contributed by atoms with Crippen LogP contribution in [0.25, 0.3) is 0 Å². The topological polar surface area (TPSA) is 82.0 Å². The van der Waals surface area contributed by atoms with Gasteiger partial charge in [0.15, 0.2) is 0 Å². The third-order valence-electron chi connectivity index (χ3n) is 3.02. The van der Waals surface area contributed by atoms with Gasteiger partial charge < -0.3 is 5.32 Å². The summed E-state index contributed by atoms with van der Waals surface area (Å²) >= 11 is 0.961. The number of nitrogens with zero attached hydrogens (tertiary/aromatic N) is 1. The zero-order chi connectivity index (χ0) is 14.2. The third-order valence-corrected chi connectivity index (χ3v) is 5.89. The summed E-state index contributed by atoms with van der Waals surface area (Å²) in [5.74, 6) is 0. The minimum absolute atomic E-state index is 0.146. The Hall–Kier alpha value is -2.04. The Labute approximate surface area is 120 Å². The van der Waals surface area contributed by atoms with E-state index in [1.54, 1.807) is 6.07 Å². The van der Waals surface area contributed by atoms with Crippen LogP contribution >= 0.6 is 11.3 Å². The van der Waals surface area contributed by atoms with E-state index < -0.39 is 10.0 Å². The quantitative estimate of drug-likeness (QED) is 0.912. The SMILES string of the molecule is N#Cc1ccc(S(=O)(=O)Nc2ccc3c(c2)CCN3)s1. The van der Waals surface area contributed by atoms with Crippen molar-refractivity contribution in [1.29, 1.82) is 5.26 Å². The highest BCUT2D eigenvalue weighted by molar-refractivity contribution is 7.94. The van der Waals surface area contributed by atoms with E-state index in [9.17, 15) is 8.42 Å². The number of nitrogens with one attached hydrogen (secondary N) is 2. The number of thiophene rings is 1. The smallest absolute Gasteiger partial charge is 0.271 e. The van der Waals surface area contributed by atoms with Crippen LogP contribution in [-0.2, 0) is 16.4 Å². The minimum Gasteiger partial charge on any atom is -0.384 e. The zero-order valence-corrected chi connectivity index (χ0v) is 12.0. The standard InChI is InChI=1S/C13H11N3O2S2/c14-8-11-2-4-13(19-11)20(17,18)16-10-1-3-12-9(7-10)5-6-15-12/h1-4,7,15-16H,5-6H2. The first-order valence-corrected chi connectivity index (χ1v) is 8.28. The molecule has 1 aliphatic heterocycles. The molecule has 2 aromatic rings. The monoisotopic (exact) mass is 305 g/mol. The van der Waals surface area contributed by atoms with Crippen molar-refractivity contribution < 1.29 is 8.42 Å². The molecule has 0 unspecified atom stereocenters. The molecule has 7 heteroatoms. The maximum Gasteiger partial charge on any atom is 0.271 e. The number of hydrogen-bond donors (Lipinski definition) is 2. The van der Waals surface area contributed by atoms with Gasteiger partial charge in [0, 0.05) is 17.9 Å². The van der Waals surface area contributed by atoms with Crippen molar-refractivity contribution in [2.24, 2.45) is 0 Å². The maximum absolute atomic E-state index is 12.2. The summed E-state index contributed by atoms with van der Waals surface area (Å²) in [6.45, 7) is 0.877. The molecule has 0 fully saturated rings. The van der Waals surface area contributed by atoms with Crippen molar-refractivity contribution in [3.63, 3.8) is 0 Å². The molecular formula is C13H11N3O2S2. The molecular weight excluding hydrogens is 294 g/mol. The predicted octanol–water partition coefficient (Wildman–Crippen LogP) is 2.39. The summed E-state index contributed by atoms with van der Waals surface area (Å²) in [7, 11) is -3.62. The number of fused-ring (bicyclic) bond motifs is 1. The third kappa shape index (κ3) is 2.35. The Morgan fingerprint density at radius 3 is 2.90 bits per heavy atom. The first kappa shape index (κ1) is 13.0. The lowest BCUT2D eigenvalue weighted by Crippen LogP contribution is -2.11. The fourth-order valence-corrected chi connectivity index (χ4v) is 4.25. The van der Waals surface area contributed by atoms with Gasteiger partial charge >= 0.3 is 0 Å². The van der Waals surface area contributed by atoms with E-state index in [1.165, 1.54) is 12.1 Å². The molecule has 3 rings (SSSR count). The lowest BCUT2D eigenvalue weighted by atomic mass is 10.1. The van der Waals surface area contributed by atoms with Crippen LogP contribution in [0.1, 0.15) is 10.4 Å². The highest BCUT2D eigenvalue weighted by Gasteiger charge is 2.18. The second kappa shape index (κ2) is 4.81. The van der Waals surface area contributed by atoms with Crippen LogP contribution in [0.2, 0.25) is 0 Å². The van der Waals surface area contributed by atoms with E-state index in [-0.39, 0.29) is 4.21 Å². The zero-order valence-electron chi connectivity index (χ0n) is 10.4. The van der Waals surface area contributed by atoms with E-state index in [2.05, 4.69) is 10.0 Å². The largest absolute Gasteiger partial charge is 0.384 e. The van der Waals surface area contributed by atoms with Crippen LogP contribution in [-0.4, -0.2) is 15.0 Å². The van der Waals surface area contributed by atoms with Crippen molar-refractivity contribution in [3.05, 3.63) is 40.8 Å². The fourth-order valence-electron chi connectivity index (χ4n) is 2.10. The van der Waals surface area contributed by atoms with Gasteiger partial charge in [-0.3, -0.25) is 4.72 Å². The average molecular weight is 305 g/mol. The molecule has 0 spiro atoms. The number of sulfonamides is 1. The highest BCUT2D eigenvalue weighted by atomic mass is 32.2. The molecule has 0 atom stereocenters. The van der Waals surface area contributed by atoms with Gasteiger partial charge in [-0.05, 0) is 42.3 Å². The Balaban J connectivity index is 1.88. The van der Waals surface area contributed by atoms with Crippen LogP contribution in [0, 0.1) is 11.3 Å². The van der Waals surface area contributed by atoms with E-state index in [4.69, 9.17) is 5.26 Å². The molecule has 2 N–H and O–H groups in total. The molecule has 20 heavy (non-hydrogen) atoms. The molecule has 0 aliphatic carbocycles. The normalized spacial score (nSPS) is 13.3. The lowest BCUT2D eigenvalue weighted by Gasteiger charge is -2.08. The van der Waals surface area contributed by atoms with Crippen LogP contribution in [0.5, 0.6) is 0 Å². The van der Waals surface area contributed by atoms with Crippen LogP contribution in [0.15, 0.2) is 34.5 Å². The average Bonchev–Trinajstić information content (AvgIpc) is 3.06. The Morgan fingerprint density at radius 2 is 2.15 bits per heavy atom. The molecule has 0 radical (unpaired) electrons. The van der Waals surface area contributed by atoms with Gasteiger partial charge in [0.05, 0.1) is 0 Å². The van der Waals surface area contributed by atoms with Gasteiger partial charge in [-0.2, -0.15) is 5.26 Å². The number of benzene rings is 1. The summed E-state index contributed by atoms with van der Waals surface area (Å²) in [4.78, 5) is 0.378. The van der Waals surface area contributed by atoms with Gasteiger partial charge in [-0.1, -0.05) is 0 Å². The minimum atomic E-state index is -3.62. The first-order valence-electron chi connectivity index (χ1n) is 5.98. The van der Waals surface area contributed by atoms with Gasteiger partial charge in [0.2, 0.25) is 0 Å². The van der Waals surface area contributed by atoms with Crippen LogP contribution < -0.4 is 10.0 Å². The molecule has 0 saturated heterocycles. The molecule has 0 amide bonds. The molecule has 0 bridgehead atoms. The molecule has 5 nitrogen and oxygen atoms in total. The summed E-state index contributed by atoms with van der Waals surface area (Å²) in [5.41, 5.74) is 2.70. The summed E-state index contributed by atoms with van der Waals surface area (Å²) in [6, 6.07) is 10.3. The molecule has 1 aromatic carbocycles. The summed E-state index contributed by atoms with van der Waals surface area (Å²) < 4.78 is 27.1. The maximum atomic E-state index is 12.2. The van der Waals surface area contributed by atoms with Crippen molar-refractivity contribution in [1.82, 2.24) is 0 Å². The van der Waals surface area contributed by atoms with Crippen LogP contribution in [0.4, 0.5) is 11.4 Å². The number of anilines is 2. The summed E-state index contributed by atoms with van der Waals surface area (Å²) in [6.07, 6.45) is 0.891. The van der Waals surface area contributed by atoms with Crippen molar-refractivity contribution in [3.8, 4) is 6.07 Å². The van der Waals surface area contributed by atoms with E-state index in [1.807, 2.05) is 18.2 Å². The molecule has 0 saturated carbocycles. The van der Waals surface area contributed by atoms with E-state index >= 15 is 0 Å². The molecule has 2 heterocycles. The number of rotatable bonds is 3.